The summed E-state index contributed by atoms with van der Waals surface area (Å²) in [5, 5.41) is 13.2. The number of thiophene rings is 1. The Balaban J connectivity index is 2.12. The summed E-state index contributed by atoms with van der Waals surface area (Å²) in [7, 11) is 0. The largest absolute Gasteiger partial charge is 0.481 e. The number of hydrogen-bond donors (Lipinski definition) is 2. The van der Waals surface area contributed by atoms with E-state index in [9.17, 15) is 18.4 Å². The predicted molar refractivity (Wildman–Crippen MR) is 82.9 cm³/mol. The topological polar surface area (TPSA) is 66.4 Å². The van der Waals surface area contributed by atoms with E-state index in [0.29, 0.717) is 16.0 Å². The van der Waals surface area contributed by atoms with Crippen LogP contribution in [0.5, 0.6) is 0 Å². The van der Waals surface area contributed by atoms with Crippen molar-refractivity contribution in [1.82, 2.24) is 5.32 Å². The third-order valence-electron chi connectivity index (χ3n) is 3.31. The molecule has 23 heavy (non-hydrogen) atoms. The summed E-state index contributed by atoms with van der Waals surface area (Å²) in [6.07, 6.45) is -2.80. The number of rotatable bonds is 6. The summed E-state index contributed by atoms with van der Waals surface area (Å²) in [6, 6.07) is 6.93. The lowest BCUT2D eigenvalue weighted by atomic mass is 10.0. The molecule has 0 aliphatic rings. The van der Waals surface area contributed by atoms with Gasteiger partial charge < -0.3 is 10.4 Å². The summed E-state index contributed by atoms with van der Waals surface area (Å²) in [5.74, 6) is -1.43. The summed E-state index contributed by atoms with van der Waals surface area (Å²) in [6.45, 7) is 1.69. The second-order valence-corrected chi connectivity index (χ2v) is 5.99. The van der Waals surface area contributed by atoms with Gasteiger partial charge in [-0.2, -0.15) is 0 Å². The minimum atomic E-state index is -2.57. The Hall–Kier alpha value is -2.28. The van der Waals surface area contributed by atoms with Crippen LogP contribution in [0.3, 0.4) is 0 Å². The molecule has 1 aromatic heterocycles. The quantitative estimate of drug-likeness (QED) is 0.841. The number of carbonyl (C=O) groups is 2. The fourth-order valence-corrected chi connectivity index (χ4v) is 3.00. The van der Waals surface area contributed by atoms with Crippen LogP contribution in [0.15, 0.2) is 35.7 Å². The van der Waals surface area contributed by atoms with E-state index in [1.165, 1.54) is 29.5 Å². The lowest BCUT2D eigenvalue weighted by molar-refractivity contribution is -0.136. The van der Waals surface area contributed by atoms with Gasteiger partial charge in [-0.25, -0.2) is 8.78 Å². The standard InChI is InChI=1S/C16H15F2NO3S/c1-9(10-3-2-4-11(7-10)15(17)18)19-16(22)12-5-6-23-13(12)8-14(20)21/h2-7,9,15H,8H2,1H3,(H,19,22)(H,20,21). The Bertz CT molecular complexity index is 715. The average Bonchev–Trinajstić information content (AvgIpc) is 2.94. The molecule has 0 saturated heterocycles. The van der Waals surface area contributed by atoms with Crippen LogP contribution in [-0.4, -0.2) is 17.0 Å². The van der Waals surface area contributed by atoms with E-state index < -0.39 is 24.3 Å². The molecule has 0 fully saturated rings. The Morgan fingerprint density at radius 2 is 1.96 bits per heavy atom. The summed E-state index contributed by atoms with van der Waals surface area (Å²) in [5.41, 5.74) is 0.756. The normalized spacial score (nSPS) is 12.2. The molecule has 1 amide bonds. The van der Waals surface area contributed by atoms with E-state index in [0.717, 1.165) is 0 Å². The number of carboxylic acids is 1. The van der Waals surface area contributed by atoms with Crippen LogP contribution < -0.4 is 5.32 Å². The number of carbonyl (C=O) groups excluding carboxylic acids is 1. The number of hydrogen-bond acceptors (Lipinski definition) is 3. The molecule has 4 nitrogen and oxygen atoms in total. The summed E-state index contributed by atoms with van der Waals surface area (Å²) < 4.78 is 25.5. The number of benzene rings is 1. The third-order valence-corrected chi connectivity index (χ3v) is 4.23. The highest BCUT2D eigenvalue weighted by Gasteiger charge is 2.18. The number of carboxylic acid groups (broad SMARTS) is 1. The Labute approximate surface area is 135 Å². The molecule has 0 radical (unpaired) electrons. The molecule has 2 rings (SSSR count). The van der Waals surface area contributed by atoms with Crippen LogP contribution in [0.25, 0.3) is 0 Å². The Morgan fingerprint density at radius 3 is 2.61 bits per heavy atom. The van der Waals surface area contributed by atoms with E-state index >= 15 is 0 Å². The fraction of sp³-hybridized carbons (Fsp3) is 0.250. The summed E-state index contributed by atoms with van der Waals surface area (Å²) in [4.78, 5) is 23.5. The van der Waals surface area contributed by atoms with E-state index in [2.05, 4.69) is 5.32 Å². The van der Waals surface area contributed by atoms with Gasteiger partial charge in [-0.05, 0) is 30.0 Å². The molecule has 0 bridgehead atoms. The fourth-order valence-electron chi connectivity index (χ4n) is 2.14. The van der Waals surface area contributed by atoms with Crippen LogP contribution in [0, 0.1) is 0 Å². The van der Waals surface area contributed by atoms with E-state index in [1.807, 2.05) is 0 Å². The van der Waals surface area contributed by atoms with Crippen molar-refractivity contribution < 1.29 is 23.5 Å². The molecule has 0 aliphatic carbocycles. The van der Waals surface area contributed by atoms with Crippen molar-refractivity contribution in [2.45, 2.75) is 25.8 Å². The molecule has 1 atom stereocenters. The first-order chi connectivity index (χ1) is 10.9. The predicted octanol–water partition coefficient (Wildman–Crippen LogP) is 3.80. The van der Waals surface area contributed by atoms with E-state index in [-0.39, 0.29) is 12.0 Å². The molecule has 1 unspecified atom stereocenters. The Morgan fingerprint density at radius 1 is 1.26 bits per heavy atom. The maximum Gasteiger partial charge on any atom is 0.308 e. The van der Waals surface area contributed by atoms with Gasteiger partial charge in [0.15, 0.2) is 0 Å². The van der Waals surface area contributed by atoms with Crippen LogP contribution in [0.1, 0.15) is 45.8 Å². The van der Waals surface area contributed by atoms with E-state index in [4.69, 9.17) is 5.11 Å². The SMILES string of the molecule is CC(NC(=O)c1ccsc1CC(=O)O)c1cccc(C(F)F)c1. The third kappa shape index (κ3) is 4.35. The Kier molecular flexibility index (Phi) is 5.44. The van der Waals surface area contributed by atoms with Crippen molar-refractivity contribution in [3.05, 3.63) is 57.3 Å². The van der Waals surface area contributed by atoms with Crippen LogP contribution in [-0.2, 0) is 11.2 Å². The molecular formula is C16H15F2NO3S. The highest BCUT2D eigenvalue weighted by Crippen LogP contribution is 2.23. The maximum absolute atomic E-state index is 12.7. The lowest BCUT2D eigenvalue weighted by Crippen LogP contribution is -2.27. The van der Waals surface area contributed by atoms with Gasteiger partial charge in [-0.1, -0.05) is 18.2 Å². The maximum atomic E-state index is 12.7. The zero-order chi connectivity index (χ0) is 17.0. The second kappa shape index (κ2) is 7.32. The average molecular weight is 339 g/mol. The van der Waals surface area contributed by atoms with Gasteiger partial charge in [0.05, 0.1) is 18.0 Å². The number of halogens is 2. The van der Waals surface area contributed by atoms with Crippen LogP contribution >= 0.6 is 11.3 Å². The van der Waals surface area contributed by atoms with Crippen molar-refractivity contribution >= 4 is 23.2 Å². The van der Waals surface area contributed by atoms with Crippen molar-refractivity contribution in [2.24, 2.45) is 0 Å². The molecule has 122 valence electrons. The molecule has 1 aromatic carbocycles. The molecular weight excluding hydrogens is 324 g/mol. The molecule has 7 heteroatoms. The number of amides is 1. The van der Waals surface area contributed by atoms with Gasteiger partial charge in [-0.3, -0.25) is 9.59 Å². The molecule has 0 aliphatic heterocycles. The van der Waals surface area contributed by atoms with E-state index in [1.54, 1.807) is 24.4 Å². The van der Waals surface area contributed by atoms with Gasteiger partial charge in [0.25, 0.3) is 12.3 Å². The van der Waals surface area contributed by atoms with Crippen molar-refractivity contribution in [3.8, 4) is 0 Å². The number of aliphatic carboxylic acids is 1. The summed E-state index contributed by atoms with van der Waals surface area (Å²) >= 11 is 1.19. The highest BCUT2D eigenvalue weighted by atomic mass is 32.1. The zero-order valence-corrected chi connectivity index (χ0v) is 13.1. The lowest BCUT2D eigenvalue weighted by Gasteiger charge is -2.15. The van der Waals surface area contributed by atoms with Crippen molar-refractivity contribution in [2.75, 3.05) is 0 Å². The molecule has 0 saturated carbocycles. The van der Waals surface area contributed by atoms with Crippen molar-refractivity contribution in [3.63, 3.8) is 0 Å². The molecule has 2 aromatic rings. The first-order valence-electron chi connectivity index (χ1n) is 6.85. The number of nitrogens with one attached hydrogen (secondary N) is 1. The second-order valence-electron chi connectivity index (χ2n) is 4.99. The minimum absolute atomic E-state index is 0.106. The zero-order valence-electron chi connectivity index (χ0n) is 12.3. The smallest absolute Gasteiger partial charge is 0.308 e. The minimum Gasteiger partial charge on any atom is -0.481 e. The molecule has 2 N–H and O–H groups in total. The van der Waals surface area contributed by atoms with Gasteiger partial charge >= 0.3 is 5.97 Å². The van der Waals surface area contributed by atoms with Crippen LogP contribution in [0.4, 0.5) is 8.78 Å². The highest BCUT2D eigenvalue weighted by molar-refractivity contribution is 7.10. The van der Waals surface area contributed by atoms with Crippen LogP contribution in [0.2, 0.25) is 0 Å². The molecule has 0 spiro atoms. The monoisotopic (exact) mass is 339 g/mol. The number of alkyl halides is 2. The van der Waals surface area contributed by atoms with Gasteiger partial charge in [0, 0.05) is 10.4 Å². The molecule has 1 heterocycles. The van der Waals surface area contributed by atoms with Gasteiger partial charge in [-0.15, -0.1) is 11.3 Å². The van der Waals surface area contributed by atoms with Gasteiger partial charge in [0.2, 0.25) is 0 Å². The first-order valence-corrected chi connectivity index (χ1v) is 7.73. The van der Waals surface area contributed by atoms with Gasteiger partial charge in [0.1, 0.15) is 0 Å². The van der Waals surface area contributed by atoms with Crippen molar-refractivity contribution in [1.29, 1.82) is 0 Å². The first kappa shape index (κ1) is 17.1.